The Bertz CT molecular complexity index is 1440. The molecule has 0 spiro atoms. The molecule has 0 saturated carbocycles. The quantitative estimate of drug-likeness (QED) is 0.230. The number of hydrogen-bond donors (Lipinski definition) is 1. The highest BCUT2D eigenvalue weighted by Crippen LogP contribution is 2.34. The molecule has 4 rings (SSSR count). The van der Waals surface area contributed by atoms with Crippen molar-refractivity contribution in [2.45, 2.75) is 71.2 Å². The number of hydrogen-bond acceptors (Lipinski definition) is 14. The average Bonchev–Trinajstić information content (AvgIpc) is 3.19. The van der Waals surface area contributed by atoms with Gasteiger partial charge in [-0.15, -0.1) is 0 Å². The van der Waals surface area contributed by atoms with E-state index >= 15 is 0 Å². The lowest BCUT2D eigenvalue weighted by molar-refractivity contribution is -0.288. The van der Waals surface area contributed by atoms with Gasteiger partial charge in [-0.25, -0.2) is 0 Å². The predicted octanol–water partition coefficient (Wildman–Crippen LogP) is 2.44. The first-order valence-corrected chi connectivity index (χ1v) is 14.1. The van der Waals surface area contributed by atoms with Gasteiger partial charge in [0.15, 0.2) is 29.5 Å². The highest BCUT2D eigenvalue weighted by molar-refractivity contribution is 6.00. The number of carbonyl (C=O) groups is 5. The molecule has 14 heteroatoms. The van der Waals surface area contributed by atoms with Crippen LogP contribution in [0.3, 0.4) is 0 Å². The summed E-state index contributed by atoms with van der Waals surface area (Å²) in [4.78, 5) is 60.6. The van der Waals surface area contributed by atoms with Gasteiger partial charge in [0.05, 0.1) is 18.8 Å². The van der Waals surface area contributed by atoms with Crippen LogP contribution in [0.2, 0.25) is 0 Å². The van der Waals surface area contributed by atoms with Crippen molar-refractivity contribution in [1.29, 1.82) is 0 Å². The van der Waals surface area contributed by atoms with Gasteiger partial charge in [-0.1, -0.05) is 6.07 Å². The van der Waals surface area contributed by atoms with Gasteiger partial charge >= 0.3 is 23.9 Å². The van der Waals surface area contributed by atoms with Crippen LogP contribution in [-0.4, -0.2) is 85.3 Å². The van der Waals surface area contributed by atoms with Crippen molar-refractivity contribution < 1.29 is 67.0 Å². The van der Waals surface area contributed by atoms with Crippen LogP contribution < -0.4 is 14.2 Å². The lowest BCUT2D eigenvalue weighted by Crippen LogP contribution is -2.63. The first kappa shape index (κ1) is 33.1. The SMILES string of the molecule is CC(=O)OC[C@@H]1O[C@H](Oc2ccc(C(=O)Cc3ccc4c(c3)OCCCO4)c(O)c2)[C@@H](OC(C)=O)[C@H](OC(C)=O)[C@@H]1OC(C)=O. The van der Waals surface area contributed by atoms with Gasteiger partial charge in [0.2, 0.25) is 12.4 Å². The summed E-state index contributed by atoms with van der Waals surface area (Å²) in [5.74, 6) is -2.71. The molecule has 2 aliphatic rings. The van der Waals surface area contributed by atoms with E-state index in [0.29, 0.717) is 30.3 Å². The van der Waals surface area contributed by atoms with Crippen LogP contribution in [0.5, 0.6) is 23.0 Å². The van der Waals surface area contributed by atoms with Crippen molar-refractivity contribution >= 4 is 29.7 Å². The van der Waals surface area contributed by atoms with Gasteiger partial charge in [0, 0.05) is 46.6 Å². The summed E-state index contributed by atoms with van der Waals surface area (Å²) < 4.78 is 44.3. The van der Waals surface area contributed by atoms with E-state index in [2.05, 4.69) is 0 Å². The minimum absolute atomic E-state index is 0.0102. The Morgan fingerprint density at radius 3 is 2.07 bits per heavy atom. The van der Waals surface area contributed by atoms with Gasteiger partial charge in [-0.05, 0) is 29.8 Å². The molecule has 45 heavy (non-hydrogen) atoms. The molecule has 0 aromatic heterocycles. The van der Waals surface area contributed by atoms with Crippen molar-refractivity contribution in [3.63, 3.8) is 0 Å². The van der Waals surface area contributed by atoms with E-state index in [1.165, 1.54) is 12.1 Å². The molecular weight excluding hydrogens is 596 g/mol. The second kappa shape index (κ2) is 14.8. The van der Waals surface area contributed by atoms with Crippen molar-refractivity contribution in [3.8, 4) is 23.0 Å². The minimum atomic E-state index is -1.51. The van der Waals surface area contributed by atoms with Gasteiger partial charge in [0.25, 0.3) is 0 Å². The van der Waals surface area contributed by atoms with Crippen LogP contribution in [0.1, 0.15) is 50.0 Å². The van der Waals surface area contributed by atoms with Crippen molar-refractivity contribution in [2.75, 3.05) is 19.8 Å². The Morgan fingerprint density at radius 1 is 0.778 bits per heavy atom. The largest absolute Gasteiger partial charge is 0.507 e. The summed E-state index contributed by atoms with van der Waals surface area (Å²) in [5.41, 5.74) is 0.664. The Morgan fingerprint density at radius 2 is 1.42 bits per heavy atom. The molecule has 0 unspecified atom stereocenters. The first-order chi connectivity index (χ1) is 21.4. The number of ether oxygens (including phenoxy) is 8. The van der Waals surface area contributed by atoms with Gasteiger partial charge in [0.1, 0.15) is 24.2 Å². The highest BCUT2D eigenvalue weighted by atomic mass is 16.7. The lowest BCUT2D eigenvalue weighted by Gasteiger charge is -2.43. The number of benzene rings is 2. The standard InChI is InChI=1S/C31H34O14/c1-16(32)40-15-27-28(41-17(2)33)29(42-18(3)34)30(43-19(4)35)31(45-27)44-21-7-8-22(24(37)14-21)23(36)12-20-6-9-25-26(13-20)39-11-5-10-38-25/h6-9,13-14,27-31,37H,5,10-12,15H2,1-4H3/t27-,28+,29+,30-,31-/m0/s1. The van der Waals surface area contributed by atoms with Crippen molar-refractivity contribution in [1.82, 2.24) is 0 Å². The summed E-state index contributed by atoms with van der Waals surface area (Å²) in [6.45, 7) is 5.06. The van der Waals surface area contributed by atoms with Crippen molar-refractivity contribution in [3.05, 3.63) is 47.5 Å². The average molecular weight is 631 g/mol. The number of ketones is 1. The van der Waals surface area contributed by atoms with Gasteiger partial charge < -0.3 is 43.0 Å². The molecule has 0 bridgehead atoms. The summed E-state index contributed by atoms with van der Waals surface area (Å²) in [7, 11) is 0. The Labute approximate surface area is 258 Å². The third kappa shape index (κ3) is 8.85. The maximum absolute atomic E-state index is 13.1. The number of fused-ring (bicyclic) bond motifs is 1. The number of aromatic hydroxyl groups is 1. The third-order valence-electron chi connectivity index (χ3n) is 6.65. The topological polar surface area (TPSA) is 179 Å². The monoisotopic (exact) mass is 630 g/mol. The van der Waals surface area contributed by atoms with E-state index in [0.717, 1.165) is 40.2 Å². The molecule has 0 aliphatic carbocycles. The fourth-order valence-corrected chi connectivity index (χ4v) is 4.84. The molecule has 5 atom stereocenters. The normalized spacial score (nSPS) is 22.3. The lowest BCUT2D eigenvalue weighted by atomic mass is 9.98. The van der Waals surface area contributed by atoms with E-state index in [1.807, 2.05) is 0 Å². The van der Waals surface area contributed by atoms with Gasteiger partial charge in [-0.2, -0.15) is 0 Å². The number of phenolic OH excluding ortho intramolecular Hbond substituents is 1. The Hall–Kier alpha value is -4.85. The number of Topliss-reactive ketones (excluding diaryl/α,β-unsaturated/α-hetero) is 1. The van der Waals surface area contributed by atoms with E-state index in [-0.39, 0.29) is 23.5 Å². The Kier molecular flexibility index (Phi) is 10.8. The Balaban J connectivity index is 1.57. The zero-order chi connectivity index (χ0) is 32.7. The fourth-order valence-electron chi connectivity index (χ4n) is 4.84. The van der Waals surface area contributed by atoms with E-state index in [1.54, 1.807) is 18.2 Å². The molecule has 242 valence electrons. The molecule has 0 amide bonds. The maximum atomic E-state index is 13.1. The van der Waals surface area contributed by atoms with Crippen LogP contribution in [0.4, 0.5) is 0 Å². The second-order valence-corrected chi connectivity index (χ2v) is 10.3. The molecule has 2 aromatic rings. The van der Waals surface area contributed by atoms with Crippen LogP contribution in [0, 0.1) is 0 Å². The maximum Gasteiger partial charge on any atom is 0.303 e. The molecule has 1 fully saturated rings. The summed E-state index contributed by atoms with van der Waals surface area (Å²) in [6.07, 6.45) is -6.27. The fraction of sp³-hybridized carbons (Fsp3) is 0.452. The second-order valence-electron chi connectivity index (χ2n) is 10.3. The number of rotatable bonds is 10. The number of phenols is 1. The molecule has 1 N–H and O–H groups in total. The van der Waals surface area contributed by atoms with Gasteiger partial charge in [-0.3, -0.25) is 24.0 Å². The van der Waals surface area contributed by atoms with E-state index < -0.39 is 66.9 Å². The van der Waals surface area contributed by atoms with E-state index in [9.17, 15) is 29.1 Å². The molecule has 14 nitrogen and oxygen atoms in total. The molecule has 0 radical (unpaired) electrons. The molecule has 2 heterocycles. The van der Waals surface area contributed by atoms with Crippen molar-refractivity contribution in [2.24, 2.45) is 0 Å². The van der Waals surface area contributed by atoms with Crippen LogP contribution in [-0.2, 0) is 49.3 Å². The van der Waals surface area contributed by atoms with Crippen LogP contribution in [0.25, 0.3) is 0 Å². The van der Waals surface area contributed by atoms with Crippen LogP contribution in [0.15, 0.2) is 36.4 Å². The number of carbonyl (C=O) groups excluding carboxylic acids is 5. The highest BCUT2D eigenvalue weighted by Gasteiger charge is 2.53. The zero-order valence-corrected chi connectivity index (χ0v) is 25.1. The first-order valence-electron chi connectivity index (χ1n) is 14.1. The van der Waals surface area contributed by atoms with Crippen LogP contribution >= 0.6 is 0 Å². The molecular formula is C31H34O14. The molecule has 1 saturated heterocycles. The van der Waals surface area contributed by atoms with E-state index in [4.69, 9.17) is 37.9 Å². The summed E-state index contributed by atoms with van der Waals surface area (Å²) in [5, 5.41) is 10.8. The number of esters is 4. The zero-order valence-electron chi connectivity index (χ0n) is 25.1. The summed E-state index contributed by atoms with van der Waals surface area (Å²) in [6, 6.07) is 9.08. The molecule has 2 aliphatic heterocycles. The minimum Gasteiger partial charge on any atom is -0.507 e. The smallest absolute Gasteiger partial charge is 0.303 e. The summed E-state index contributed by atoms with van der Waals surface area (Å²) >= 11 is 0. The predicted molar refractivity (Wildman–Crippen MR) is 151 cm³/mol. The third-order valence-corrected chi connectivity index (χ3v) is 6.65. The molecule has 2 aromatic carbocycles.